The zero-order valence-electron chi connectivity index (χ0n) is 18.5. The first kappa shape index (κ1) is 24.1. The smallest absolute Gasteiger partial charge is 0.0134 e. The molecule has 0 bridgehead atoms. The van der Waals surface area contributed by atoms with Crippen LogP contribution in [0, 0.1) is 22.8 Å². The van der Waals surface area contributed by atoms with Crippen LogP contribution in [0.5, 0.6) is 0 Å². The number of pyridine rings is 1. The van der Waals surface area contributed by atoms with Crippen LogP contribution in [-0.2, 0) is 21.1 Å². The monoisotopic (exact) mass is 643 g/mol. The molecule has 0 amide bonds. The molecule has 0 N–H and O–H groups in total. The van der Waals surface area contributed by atoms with Gasteiger partial charge >= 0.3 is 99.7 Å². The van der Waals surface area contributed by atoms with Crippen molar-refractivity contribution < 1.29 is 25.5 Å². The molecule has 0 spiro atoms. The molecule has 1 aromatic heterocycles. The maximum Gasteiger partial charge on any atom is -0.0134 e. The van der Waals surface area contributed by atoms with E-state index in [0.29, 0.717) is 10.9 Å². The minimum Gasteiger partial charge on any atom is -0.0622 e. The van der Waals surface area contributed by atoms with Gasteiger partial charge in [-0.15, -0.1) is 0 Å². The van der Waals surface area contributed by atoms with E-state index in [1.165, 1.54) is 22.0 Å². The number of aromatic nitrogens is 1. The summed E-state index contributed by atoms with van der Waals surface area (Å²) in [6.45, 7) is 1.89. The third-order valence-electron chi connectivity index (χ3n) is 5.15. The molecule has 0 saturated carbocycles. The molecular weight excluding hydrogens is 621 g/mol. The average Bonchev–Trinajstić information content (AvgIpc) is 2.89. The van der Waals surface area contributed by atoms with E-state index in [2.05, 4.69) is 127 Å². The summed E-state index contributed by atoms with van der Waals surface area (Å²) in [6, 6.07) is 37.2. The van der Waals surface area contributed by atoms with Crippen molar-refractivity contribution in [3.8, 4) is 10.1 Å². The molecule has 5 rings (SSSR count). The summed E-state index contributed by atoms with van der Waals surface area (Å²) in [7, 11) is -0.446. The van der Waals surface area contributed by atoms with Gasteiger partial charge in [0.2, 0.25) is 0 Å². The van der Waals surface area contributed by atoms with Gasteiger partial charge in [0.25, 0.3) is 0 Å². The summed E-state index contributed by atoms with van der Waals surface area (Å²) in [5.74, 6) is 2.64. The van der Waals surface area contributed by atoms with E-state index in [9.17, 15) is 4.39 Å². The largest absolute Gasteiger partial charge is 0.0622 e. The van der Waals surface area contributed by atoms with Crippen LogP contribution in [0.4, 0.5) is 4.39 Å². The Morgan fingerprint density at radius 3 is 1.71 bits per heavy atom. The van der Waals surface area contributed by atoms with Gasteiger partial charge in [0.1, 0.15) is 0 Å². The van der Waals surface area contributed by atoms with Crippen LogP contribution in [0.15, 0.2) is 115 Å². The summed E-state index contributed by atoms with van der Waals surface area (Å²) >= 11 is 2.13. The Labute approximate surface area is 213 Å². The maximum atomic E-state index is 13.5. The van der Waals surface area contributed by atoms with Gasteiger partial charge in [-0.3, -0.25) is 0 Å². The summed E-state index contributed by atoms with van der Waals surface area (Å²) in [4.78, 5) is 4.21. The second-order valence-corrected chi connectivity index (χ2v) is 10.3. The van der Waals surface area contributed by atoms with E-state index in [1.54, 1.807) is 18.3 Å². The molecule has 0 saturated heterocycles. The van der Waals surface area contributed by atoms with Crippen molar-refractivity contribution in [3.05, 3.63) is 132 Å². The summed E-state index contributed by atoms with van der Waals surface area (Å²) in [6.07, 6.45) is 1.72. The van der Waals surface area contributed by atoms with E-state index in [1.807, 2.05) is 6.92 Å². The fraction of sp³-hybridized carbons (Fsp3) is 0.0333. The van der Waals surface area contributed by atoms with Crippen LogP contribution >= 0.6 is 7.92 Å². The van der Waals surface area contributed by atoms with Gasteiger partial charge in [-0.25, -0.2) is 0 Å². The number of fused-ring (bicyclic) bond motifs is 1. The SMILES string of the molecule is Cc1cnc2c(C#[C][Au])ccc(F)c2c1.c1ccc(P(c2ccccc2)c2ccccc2)cc1. The van der Waals surface area contributed by atoms with Crippen LogP contribution in [-0.4, -0.2) is 4.98 Å². The van der Waals surface area contributed by atoms with E-state index in [4.69, 9.17) is 0 Å². The first-order valence-corrected chi connectivity index (χ1v) is 13.2. The molecule has 4 aromatic carbocycles. The minimum atomic E-state index is -0.446. The van der Waals surface area contributed by atoms with Gasteiger partial charge in [0.05, 0.1) is 0 Å². The number of nitrogens with zero attached hydrogens (tertiary/aromatic N) is 1. The van der Waals surface area contributed by atoms with Crippen molar-refractivity contribution in [1.29, 1.82) is 0 Å². The van der Waals surface area contributed by atoms with Crippen molar-refractivity contribution in [2.45, 2.75) is 6.92 Å². The maximum absolute atomic E-state index is 13.5. The molecule has 4 heteroatoms. The second-order valence-electron chi connectivity index (χ2n) is 7.55. The summed E-state index contributed by atoms with van der Waals surface area (Å²) in [5.41, 5.74) is 2.33. The molecule has 0 unspecified atom stereocenters. The number of hydrogen-bond donors (Lipinski definition) is 0. The molecule has 0 fully saturated rings. The van der Waals surface area contributed by atoms with Crippen molar-refractivity contribution >= 4 is 34.7 Å². The Morgan fingerprint density at radius 1 is 0.735 bits per heavy atom. The average molecular weight is 643 g/mol. The number of rotatable bonds is 3. The molecule has 0 aliphatic carbocycles. The predicted molar refractivity (Wildman–Crippen MR) is 138 cm³/mol. The Bertz CT molecular complexity index is 1330. The standard InChI is InChI=1S/C18H15P.C12H7FN.Au/c1-4-10-16(11-5-1)19(17-12-6-2-7-13-17)18-14-8-3-9-15-18;1-3-9-4-5-11(13)10-6-8(2)7-14-12(9)10;/h1-15H;4-7H,2H3;. The van der Waals surface area contributed by atoms with Gasteiger partial charge in [0, 0.05) is 0 Å². The van der Waals surface area contributed by atoms with Crippen molar-refractivity contribution in [2.24, 2.45) is 0 Å². The molecule has 0 atom stereocenters. The van der Waals surface area contributed by atoms with Crippen LogP contribution in [0.25, 0.3) is 10.9 Å². The predicted octanol–water partition coefficient (Wildman–Crippen LogP) is 5.98. The van der Waals surface area contributed by atoms with Gasteiger partial charge in [-0.05, 0) is 23.8 Å². The Morgan fingerprint density at radius 2 is 1.24 bits per heavy atom. The number of benzene rings is 4. The zero-order chi connectivity index (χ0) is 23.8. The van der Waals surface area contributed by atoms with Gasteiger partial charge in [-0.2, -0.15) is 0 Å². The quantitative estimate of drug-likeness (QED) is 0.134. The molecule has 5 aromatic rings. The number of halogens is 1. The molecular formula is C30H22AuFNP. The zero-order valence-corrected chi connectivity index (χ0v) is 21.6. The third-order valence-corrected chi connectivity index (χ3v) is 7.86. The van der Waals surface area contributed by atoms with Gasteiger partial charge in [-0.1, -0.05) is 91.0 Å². The molecule has 1 heterocycles. The Balaban J connectivity index is 0.000000166. The van der Waals surface area contributed by atoms with E-state index < -0.39 is 7.92 Å². The van der Waals surface area contributed by atoms with E-state index >= 15 is 0 Å². The topological polar surface area (TPSA) is 12.9 Å². The Hall–Kier alpha value is -3.05. The van der Waals surface area contributed by atoms with Crippen molar-refractivity contribution in [3.63, 3.8) is 0 Å². The van der Waals surface area contributed by atoms with Crippen LogP contribution in [0.3, 0.4) is 0 Å². The van der Waals surface area contributed by atoms with Gasteiger partial charge < -0.3 is 0 Å². The Kier molecular flexibility index (Phi) is 8.42. The fourth-order valence-corrected chi connectivity index (χ4v) is 6.21. The normalized spacial score (nSPS) is 10.3. The third kappa shape index (κ3) is 5.89. The molecule has 0 radical (unpaired) electrons. The molecule has 1 nitrogen and oxygen atoms in total. The fourth-order valence-electron chi connectivity index (χ4n) is 3.61. The molecule has 0 aliphatic heterocycles. The summed E-state index contributed by atoms with van der Waals surface area (Å²) < 4.78 is 16.2. The molecule has 170 valence electrons. The van der Waals surface area contributed by atoms with Gasteiger partial charge in [0.15, 0.2) is 0 Å². The summed E-state index contributed by atoms with van der Waals surface area (Å²) in [5, 5.41) is 4.73. The number of aryl methyl sites for hydroxylation is 1. The second kappa shape index (κ2) is 11.9. The minimum absolute atomic E-state index is 0.252. The van der Waals surface area contributed by atoms with Crippen molar-refractivity contribution in [2.75, 3.05) is 0 Å². The molecule has 34 heavy (non-hydrogen) atoms. The van der Waals surface area contributed by atoms with Crippen LogP contribution in [0.2, 0.25) is 0 Å². The first-order valence-electron chi connectivity index (χ1n) is 10.8. The van der Waals surface area contributed by atoms with E-state index in [0.717, 1.165) is 11.1 Å². The first-order chi connectivity index (χ1) is 16.7. The number of hydrogen-bond acceptors (Lipinski definition) is 1. The van der Waals surface area contributed by atoms with Crippen LogP contribution < -0.4 is 15.9 Å². The van der Waals surface area contributed by atoms with E-state index in [-0.39, 0.29) is 5.82 Å². The van der Waals surface area contributed by atoms with Crippen molar-refractivity contribution in [1.82, 2.24) is 4.98 Å². The molecule has 0 aliphatic rings. The van der Waals surface area contributed by atoms with Crippen LogP contribution in [0.1, 0.15) is 11.1 Å².